The summed E-state index contributed by atoms with van der Waals surface area (Å²) < 4.78 is 0. The lowest BCUT2D eigenvalue weighted by Gasteiger charge is -2.06. The maximum Gasteiger partial charge on any atom is 0.173 e. The van der Waals surface area contributed by atoms with Gasteiger partial charge in [-0.1, -0.05) is 58.4 Å². The van der Waals surface area contributed by atoms with Crippen LogP contribution in [0.25, 0.3) is 21.5 Å². The van der Waals surface area contributed by atoms with E-state index < -0.39 is 0 Å². The Kier molecular flexibility index (Phi) is 2.88. The predicted molar refractivity (Wildman–Crippen MR) is 79.6 cm³/mol. The summed E-state index contributed by atoms with van der Waals surface area (Å²) in [4.78, 5) is 11.9. The molecule has 0 fully saturated rings. The van der Waals surface area contributed by atoms with E-state index in [4.69, 9.17) is 0 Å². The summed E-state index contributed by atoms with van der Waals surface area (Å²) in [5, 5.41) is 4.87. The molecule has 0 aliphatic carbocycles. The molecule has 0 saturated heterocycles. The average molecular weight is 299 g/mol. The molecule has 3 aromatic carbocycles. The molecule has 0 radical (unpaired) electrons. The number of hydrogen-bond acceptors (Lipinski definition) is 1. The molecule has 0 amide bonds. The van der Waals surface area contributed by atoms with Crippen molar-refractivity contribution in [2.45, 2.75) is 0 Å². The number of carbonyl (C=O) groups is 1. The van der Waals surface area contributed by atoms with Crippen LogP contribution in [-0.4, -0.2) is 11.1 Å². The Balaban J connectivity index is 2.39. The summed E-state index contributed by atoms with van der Waals surface area (Å²) in [6.07, 6.45) is 0. The Morgan fingerprint density at radius 3 is 2.28 bits per heavy atom. The van der Waals surface area contributed by atoms with Gasteiger partial charge >= 0.3 is 0 Å². The SMILES string of the molecule is O=C(CBr)c1cccc2cc3ccccc3cc12. The zero-order valence-electron chi connectivity index (χ0n) is 9.69. The number of rotatable bonds is 2. The number of carbonyl (C=O) groups excluding carboxylic acids is 1. The zero-order chi connectivity index (χ0) is 12.5. The third kappa shape index (κ3) is 1.83. The van der Waals surface area contributed by atoms with E-state index in [9.17, 15) is 4.79 Å². The van der Waals surface area contributed by atoms with E-state index in [1.807, 2.05) is 30.3 Å². The van der Waals surface area contributed by atoms with Crippen LogP contribution < -0.4 is 0 Å². The standard InChI is InChI=1S/C16H11BrO/c17-10-16(18)14-7-3-6-13-8-11-4-1-2-5-12(11)9-15(13)14/h1-9H,10H2. The first-order chi connectivity index (χ1) is 8.79. The Bertz CT molecular complexity index is 746. The van der Waals surface area contributed by atoms with Crippen molar-refractivity contribution in [3.8, 4) is 0 Å². The molecule has 3 rings (SSSR count). The summed E-state index contributed by atoms with van der Waals surface area (Å²) in [5.41, 5.74) is 0.787. The molecule has 0 spiro atoms. The highest BCUT2D eigenvalue weighted by molar-refractivity contribution is 9.09. The first kappa shape index (κ1) is 11.4. The Morgan fingerprint density at radius 1 is 0.889 bits per heavy atom. The lowest BCUT2D eigenvalue weighted by atomic mass is 9.98. The van der Waals surface area contributed by atoms with Crippen molar-refractivity contribution in [1.82, 2.24) is 0 Å². The second-order valence-corrected chi connectivity index (χ2v) is 4.84. The molecule has 0 atom stereocenters. The molecule has 0 aromatic heterocycles. The smallest absolute Gasteiger partial charge is 0.173 e. The van der Waals surface area contributed by atoms with E-state index in [2.05, 4.69) is 40.2 Å². The quantitative estimate of drug-likeness (QED) is 0.385. The van der Waals surface area contributed by atoms with E-state index in [1.165, 1.54) is 10.8 Å². The van der Waals surface area contributed by atoms with E-state index in [0.29, 0.717) is 5.33 Å². The molecular formula is C16H11BrO. The van der Waals surface area contributed by atoms with Crippen LogP contribution in [0.5, 0.6) is 0 Å². The van der Waals surface area contributed by atoms with Gasteiger partial charge in [0.15, 0.2) is 5.78 Å². The van der Waals surface area contributed by atoms with Gasteiger partial charge in [0.1, 0.15) is 0 Å². The number of benzene rings is 3. The second-order valence-electron chi connectivity index (χ2n) is 4.28. The highest BCUT2D eigenvalue weighted by Gasteiger charge is 2.09. The van der Waals surface area contributed by atoms with Gasteiger partial charge in [0.25, 0.3) is 0 Å². The van der Waals surface area contributed by atoms with Crippen LogP contribution >= 0.6 is 15.9 Å². The third-order valence-electron chi connectivity index (χ3n) is 3.17. The van der Waals surface area contributed by atoms with Crippen molar-refractivity contribution in [2.24, 2.45) is 0 Å². The fraction of sp³-hybridized carbons (Fsp3) is 0.0625. The highest BCUT2D eigenvalue weighted by Crippen LogP contribution is 2.26. The van der Waals surface area contributed by atoms with Crippen molar-refractivity contribution in [3.05, 3.63) is 60.2 Å². The van der Waals surface area contributed by atoms with Crippen molar-refractivity contribution in [1.29, 1.82) is 0 Å². The first-order valence-corrected chi connectivity index (χ1v) is 6.92. The van der Waals surface area contributed by atoms with Crippen LogP contribution in [0.1, 0.15) is 10.4 Å². The van der Waals surface area contributed by atoms with Gasteiger partial charge in [-0.05, 0) is 33.7 Å². The third-order valence-corrected chi connectivity index (χ3v) is 3.68. The minimum atomic E-state index is 0.121. The van der Waals surface area contributed by atoms with Crippen molar-refractivity contribution in [2.75, 3.05) is 5.33 Å². The van der Waals surface area contributed by atoms with Gasteiger partial charge in [-0.15, -0.1) is 0 Å². The van der Waals surface area contributed by atoms with Gasteiger partial charge in [-0.25, -0.2) is 0 Å². The summed E-state index contributed by atoms with van der Waals surface area (Å²) in [5.74, 6) is 0.121. The number of hydrogen-bond donors (Lipinski definition) is 0. The van der Waals surface area contributed by atoms with Crippen LogP contribution in [0.3, 0.4) is 0 Å². The fourth-order valence-electron chi connectivity index (χ4n) is 2.28. The molecule has 0 aliphatic heterocycles. The van der Waals surface area contributed by atoms with Crippen LogP contribution in [0.4, 0.5) is 0 Å². The Morgan fingerprint density at radius 2 is 1.56 bits per heavy atom. The lowest BCUT2D eigenvalue weighted by molar-refractivity contribution is 0.102. The molecule has 0 aliphatic rings. The van der Waals surface area contributed by atoms with E-state index in [0.717, 1.165) is 16.3 Å². The van der Waals surface area contributed by atoms with Crippen molar-refractivity contribution < 1.29 is 4.79 Å². The first-order valence-electron chi connectivity index (χ1n) is 5.80. The van der Waals surface area contributed by atoms with Crippen molar-refractivity contribution >= 4 is 43.3 Å². The highest BCUT2D eigenvalue weighted by atomic mass is 79.9. The predicted octanol–water partition coefficient (Wildman–Crippen LogP) is 4.57. The molecule has 2 heteroatoms. The van der Waals surface area contributed by atoms with Gasteiger partial charge in [0.2, 0.25) is 0 Å². The molecule has 0 heterocycles. The molecule has 88 valence electrons. The maximum absolute atomic E-state index is 11.9. The Hall–Kier alpha value is -1.67. The van der Waals surface area contributed by atoms with Crippen LogP contribution in [0.2, 0.25) is 0 Å². The largest absolute Gasteiger partial charge is 0.293 e. The van der Waals surface area contributed by atoms with Gasteiger partial charge < -0.3 is 0 Å². The number of ketones is 1. The van der Waals surface area contributed by atoms with Crippen LogP contribution in [0.15, 0.2) is 54.6 Å². The van der Waals surface area contributed by atoms with Crippen molar-refractivity contribution in [3.63, 3.8) is 0 Å². The minimum absolute atomic E-state index is 0.121. The van der Waals surface area contributed by atoms with Crippen LogP contribution in [0, 0.1) is 0 Å². The van der Waals surface area contributed by atoms with E-state index in [-0.39, 0.29) is 5.78 Å². The summed E-state index contributed by atoms with van der Waals surface area (Å²) in [7, 11) is 0. The molecule has 1 nitrogen and oxygen atoms in total. The van der Waals surface area contributed by atoms with E-state index in [1.54, 1.807) is 0 Å². The van der Waals surface area contributed by atoms with Gasteiger partial charge in [-0.3, -0.25) is 4.79 Å². The van der Waals surface area contributed by atoms with Gasteiger partial charge in [0.05, 0.1) is 5.33 Å². The number of Topliss-reactive ketones (excluding diaryl/α,β-unsaturated/α-hetero) is 1. The second kappa shape index (κ2) is 4.54. The monoisotopic (exact) mass is 298 g/mol. The fourth-order valence-corrected chi connectivity index (χ4v) is 2.58. The molecule has 0 bridgehead atoms. The average Bonchev–Trinajstić information content (AvgIpc) is 2.43. The van der Waals surface area contributed by atoms with E-state index >= 15 is 0 Å². The zero-order valence-corrected chi connectivity index (χ0v) is 11.3. The molecule has 0 unspecified atom stereocenters. The maximum atomic E-state index is 11.9. The molecule has 18 heavy (non-hydrogen) atoms. The summed E-state index contributed by atoms with van der Waals surface area (Å²) in [6, 6.07) is 18.3. The minimum Gasteiger partial charge on any atom is -0.293 e. The number of halogens is 1. The number of alkyl halides is 1. The Labute approximate surface area is 114 Å². The summed E-state index contributed by atoms with van der Waals surface area (Å²) in [6.45, 7) is 0. The van der Waals surface area contributed by atoms with Crippen LogP contribution in [-0.2, 0) is 0 Å². The summed E-state index contributed by atoms with van der Waals surface area (Å²) >= 11 is 3.24. The molecular weight excluding hydrogens is 288 g/mol. The number of fused-ring (bicyclic) bond motifs is 2. The molecule has 3 aromatic rings. The molecule has 0 N–H and O–H groups in total. The molecule has 0 saturated carbocycles. The topological polar surface area (TPSA) is 17.1 Å². The lowest BCUT2D eigenvalue weighted by Crippen LogP contribution is -2.00. The van der Waals surface area contributed by atoms with Gasteiger partial charge in [-0.2, -0.15) is 0 Å². The van der Waals surface area contributed by atoms with Gasteiger partial charge in [0, 0.05) is 5.56 Å². The normalized spacial score (nSPS) is 10.9.